The lowest BCUT2D eigenvalue weighted by atomic mass is 10.1. The van der Waals surface area contributed by atoms with Crippen LogP contribution >= 0.6 is 39.1 Å². The molecule has 2 rings (SSSR count). The van der Waals surface area contributed by atoms with E-state index in [2.05, 4.69) is 15.9 Å². The van der Waals surface area contributed by atoms with Crippen molar-refractivity contribution in [3.8, 4) is 17.6 Å². The lowest BCUT2D eigenvalue weighted by Crippen LogP contribution is -2.22. The van der Waals surface area contributed by atoms with Crippen molar-refractivity contribution in [2.75, 3.05) is 20.7 Å². The van der Waals surface area contributed by atoms with E-state index in [-0.39, 0.29) is 18.1 Å². The van der Waals surface area contributed by atoms with E-state index in [1.807, 2.05) is 19.1 Å². The third-order valence-electron chi connectivity index (χ3n) is 3.80. The Bertz CT molecular complexity index is 985. The second-order valence-electron chi connectivity index (χ2n) is 6.16. The highest BCUT2D eigenvalue weighted by atomic mass is 79.9. The van der Waals surface area contributed by atoms with Crippen LogP contribution in [0.1, 0.15) is 18.1 Å². The second-order valence-corrected chi connectivity index (χ2v) is 7.83. The summed E-state index contributed by atoms with van der Waals surface area (Å²) >= 11 is 15.5. The van der Waals surface area contributed by atoms with Crippen molar-refractivity contribution in [3.05, 3.63) is 61.5 Å². The SMILES string of the molecule is CCOc1cc(/C=C(/C#N)C(=O)N(C)C)c(Br)cc1OCc1ccc(Cl)c(Cl)c1. The number of amides is 1. The number of carbonyl (C=O) groups is 1. The van der Waals surface area contributed by atoms with E-state index >= 15 is 0 Å². The van der Waals surface area contributed by atoms with E-state index in [1.54, 1.807) is 38.4 Å². The fourth-order valence-corrected chi connectivity index (χ4v) is 3.13. The van der Waals surface area contributed by atoms with E-state index < -0.39 is 0 Å². The zero-order valence-corrected chi connectivity index (χ0v) is 19.2. The number of hydrogen-bond donors (Lipinski definition) is 0. The number of likely N-dealkylation sites (N-methyl/N-ethyl adjacent to an activating group) is 1. The normalized spacial score (nSPS) is 11.0. The van der Waals surface area contributed by atoms with Crippen LogP contribution in [0.15, 0.2) is 40.4 Å². The van der Waals surface area contributed by atoms with Gasteiger partial charge in [0.25, 0.3) is 5.91 Å². The van der Waals surface area contributed by atoms with Crippen molar-refractivity contribution in [3.63, 3.8) is 0 Å². The molecule has 0 aliphatic heterocycles. The molecule has 0 heterocycles. The number of rotatable bonds is 7. The average molecular weight is 498 g/mol. The largest absolute Gasteiger partial charge is 0.490 e. The van der Waals surface area contributed by atoms with Crippen molar-refractivity contribution < 1.29 is 14.3 Å². The van der Waals surface area contributed by atoms with Gasteiger partial charge in [0.05, 0.1) is 16.7 Å². The third-order valence-corrected chi connectivity index (χ3v) is 5.22. The Hall–Kier alpha value is -2.20. The number of nitrogens with zero attached hydrogens (tertiary/aromatic N) is 2. The van der Waals surface area contributed by atoms with Gasteiger partial charge in [0.2, 0.25) is 0 Å². The van der Waals surface area contributed by atoms with Crippen molar-refractivity contribution in [1.29, 1.82) is 5.26 Å². The van der Waals surface area contributed by atoms with Crippen LogP contribution in [0.25, 0.3) is 6.08 Å². The summed E-state index contributed by atoms with van der Waals surface area (Å²) in [6.07, 6.45) is 1.51. The molecule has 0 radical (unpaired) electrons. The van der Waals surface area contributed by atoms with Crippen LogP contribution in [-0.2, 0) is 11.4 Å². The van der Waals surface area contributed by atoms with Crippen LogP contribution in [0, 0.1) is 11.3 Å². The Labute approximate surface area is 188 Å². The summed E-state index contributed by atoms with van der Waals surface area (Å²) in [5, 5.41) is 10.2. The van der Waals surface area contributed by atoms with E-state index in [1.165, 1.54) is 11.0 Å². The van der Waals surface area contributed by atoms with Crippen molar-refractivity contribution in [2.24, 2.45) is 0 Å². The minimum atomic E-state index is -0.377. The number of halogens is 3. The zero-order chi connectivity index (χ0) is 21.6. The molecule has 0 spiro atoms. The van der Waals surface area contributed by atoms with Gasteiger partial charge in [0.1, 0.15) is 18.2 Å². The monoisotopic (exact) mass is 496 g/mol. The summed E-state index contributed by atoms with van der Waals surface area (Å²) in [4.78, 5) is 13.5. The first-order valence-corrected chi connectivity index (χ1v) is 10.2. The Morgan fingerprint density at radius 1 is 1.17 bits per heavy atom. The molecular weight excluding hydrogens is 479 g/mol. The topological polar surface area (TPSA) is 62.6 Å². The molecule has 0 aliphatic rings. The van der Waals surface area contributed by atoms with Gasteiger partial charge in [-0.3, -0.25) is 4.79 Å². The minimum absolute atomic E-state index is 0.0163. The Morgan fingerprint density at radius 3 is 2.45 bits per heavy atom. The smallest absolute Gasteiger partial charge is 0.264 e. The highest BCUT2D eigenvalue weighted by molar-refractivity contribution is 9.10. The van der Waals surface area contributed by atoms with Crippen LogP contribution in [0.5, 0.6) is 11.5 Å². The van der Waals surface area contributed by atoms with Crippen molar-refractivity contribution >= 4 is 51.1 Å². The van der Waals surface area contributed by atoms with Crippen LogP contribution in [0.2, 0.25) is 10.0 Å². The summed E-state index contributed by atoms with van der Waals surface area (Å²) < 4.78 is 12.2. The summed E-state index contributed by atoms with van der Waals surface area (Å²) in [5.74, 6) is 0.633. The molecule has 5 nitrogen and oxygen atoms in total. The molecule has 0 aliphatic carbocycles. The molecular formula is C21H19BrCl2N2O3. The summed E-state index contributed by atoms with van der Waals surface area (Å²) in [7, 11) is 3.18. The van der Waals surface area contributed by atoms with Gasteiger partial charge < -0.3 is 14.4 Å². The number of ether oxygens (including phenoxy) is 2. The van der Waals surface area contributed by atoms with Gasteiger partial charge in [-0.2, -0.15) is 5.26 Å². The fourth-order valence-electron chi connectivity index (χ4n) is 2.37. The first-order chi connectivity index (χ1) is 13.8. The quantitative estimate of drug-likeness (QED) is 0.362. The molecule has 2 aromatic rings. The molecule has 29 heavy (non-hydrogen) atoms. The molecule has 0 aromatic heterocycles. The molecule has 0 saturated heterocycles. The predicted octanol–water partition coefficient (Wildman–Crippen LogP) is 5.73. The van der Waals surface area contributed by atoms with Gasteiger partial charge in [-0.25, -0.2) is 0 Å². The summed E-state index contributed by atoms with van der Waals surface area (Å²) in [5.41, 5.74) is 1.50. The van der Waals surface area contributed by atoms with Gasteiger partial charge in [0.15, 0.2) is 11.5 Å². The maximum absolute atomic E-state index is 12.1. The van der Waals surface area contributed by atoms with Crippen LogP contribution in [0.4, 0.5) is 0 Å². The van der Waals surface area contributed by atoms with Crippen molar-refractivity contribution in [1.82, 2.24) is 4.90 Å². The number of hydrogen-bond acceptors (Lipinski definition) is 4. The molecule has 1 amide bonds. The maximum Gasteiger partial charge on any atom is 0.264 e. The molecule has 0 N–H and O–H groups in total. The van der Waals surface area contributed by atoms with E-state index in [4.69, 9.17) is 32.7 Å². The highest BCUT2D eigenvalue weighted by Gasteiger charge is 2.15. The van der Waals surface area contributed by atoms with E-state index in [0.29, 0.717) is 38.2 Å². The fraction of sp³-hybridized carbons (Fsp3) is 0.238. The molecule has 2 aromatic carbocycles. The molecule has 8 heteroatoms. The highest BCUT2D eigenvalue weighted by Crippen LogP contribution is 2.36. The predicted molar refractivity (Wildman–Crippen MR) is 118 cm³/mol. The lowest BCUT2D eigenvalue weighted by molar-refractivity contribution is -0.124. The van der Waals surface area contributed by atoms with Crippen LogP contribution in [0.3, 0.4) is 0 Å². The van der Waals surface area contributed by atoms with Gasteiger partial charge in [-0.1, -0.05) is 45.2 Å². The lowest BCUT2D eigenvalue weighted by Gasteiger charge is -2.15. The van der Waals surface area contributed by atoms with Gasteiger partial charge >= 0.3 is 0 Å². The summed E-state index contributed by atoms with van der Waals surface area (Å²) in [6.45, 7) is 2.55. The minimum Gasteiger partial charge on any atom is -0.490 e. The molecule has 0 atom stereocenters. The van der Waals surface area contributed by atoms with E-state index in [9.17, 15) is 10.1 Å². The van der Waals surface area contributed by atoms with Crippen LogP contribution < -0.4 is 9.47 Å². The standard InChI is InChI=1S/C21H19BrCl2N2O3/c1-4-28-19-9-14(8-15(11-25)21(27)26(2)3)16(22)10-20(19)29-12-13-5-6-17(23)18(24)7-13/h5-10H,4,12H2,1-3H3/b15-8-. The second kappa shape index (κ2) is 10.5. The number of benzene rings is 2. The molecule has 152 valence electrons. The van der Waals surface area contributed by atoms with E-state index in [0.717, 1.165) is 5.56 Å². The Morgan fingerprint density at radius 2 is 1.86 bits per heavy atom. The third kappa shape index (κ3) is 6.14. The molecule has 0 fully saturated rings. The van der Waals surface area contributed by atoms with Crippen LogP contribution in [-0.4, -0.2) is 31.5 Å². The van der Waals surface area contributed by atoms with Gasteiger partial charge in [-0.15, -0.1) is 0 Å². The van der Waals surface area contributed by atoms with Gasteiger partial charge in [0, 0.05) is 18.6 Å². The molecule has 0 saturated carbocycles. The maximum atomic E-state index is 12.1. The Kier molecular flexibility index (Phi) is 8.39. The first kappa shape index (κ1) is 23.1. The molecule has 0 bridgehead atoms. The average Bonchev–Trinajstić information content (AvgIpc) is 2.68. The Balaban J connectivity index is 2.35. The van der Waals surface area contributed by atoms with Gasteiger partial charge in [-0.05, 0) is 48.4 Å². The summed E-state index contributed by atoms with van der Waals surface area (Å²) in [6, 6.07) is 10.7. The van der Waals surface area contributed by atoms with Crippen molar-refractivity contribution in [2.45, 2.75) is 13.5 Å². The number of carbonyl (C=O) groups excluding carboxylic acids is 1. The first-order valence-electron chi connectivity index (χ1n) is 8.63. The zero-order valence-electron chi connectivity index (χ0n) is 16.1. The number of nitriles is 1. The molecule has 0 unspecified atom stereocenters.